The van der Waals surface area contributed by atoms with Gasteiger partial charge in [-0.1, -0.05) is 13.8 Å². The molecule has 1 N–H and O–H groups in total. The predicted octanol–water partition coefficient (Wildman–Crippen LogP) is 3.02. The number of nitrogens with zero attached hydrogens (tertiary/aromatic N) is 2. The summed E-state index contributed by atoms with van der Waals surface area (Å²) in [5, 5.41) is 12.7. The van der Waals surface area contributed by atoms with Crippen LogP contribution in [0.15, 0.2) is 0 Å². The molecule has 1 aliphatic heterocycles. The van der Waals surface area contributed by atoms with Crippen LogP contribution in [0.3, 0.4) is 0 Å². The minimum absolute atomic E-state index is 0.361. The van der Waals surface area contributed by atoms with Crippen LogP contribution in [0, 0.1) is 23.2 Å². The van der Waals surface area contributed by atoms with Gasteiger partial charge in [-0.2, -0.15) is 5.26 Å². The van der Waals surface area contributed by atoms with Gasteiger partial charge < -0.3 is 4.90 Å². The predicted molar refractivity (Wildman–Crippen MR) is 80.9 cm³/mol. The molecule has 0 radical (unpaired) electrons. The largest absolute Gasteiger partial charge is 0.303 e. The van der Waals surface area contributed by atoms with E-state index in [1.165, 1.54) is 26.1 Å². The van der Waals surface area contributed by atoms with E-state index in [1.807, 2.05) is 6.92 Å². The van der Waals surface area contributed by atoms with Gasteiger partial charge in [0.2, 0.25) is 0 Å². The molecule has 0 bridgehead atoms. The summed E-state index contributed by atoms with van der Waals surface area (Å²) in [6, 6.07) is 2.79. The molecule has 1 fully saturated rings. The van der Waals surface area contributed by atoms with Crippen molar-refractivity contribution < 1.29 is 0 Å². The van der Waals surface area contributed by atoms with E-state index in [1.54, 1.807) is 0 Å². The maximum absolute atomic E-state index is 9.29. The lowest BCUT2D eigenvalue weighted by molar-refractivity contribution is 0.302. The van der Waals surface area contributed by atoms with E-state index < -0.39 is 0 Å². The molecule has 1 aliphatic rings. The summed E-state index contributed by atoms with van der Waals surface area (Å²) in [6.45, 7) is 14.6. The van der Waals surface area contributed by atoms with E-state index in [0.29, 0.717) is 6.04 Å². The molecule has 3 unspecified atom stereocenters. The number of hydrogen-bond acceptors (Lipinski definition) is 3. The molecule has 19 heavy (non-hydrogen) atoms. The first-order valence-electron chi connectivity index (χ1n) is 7.77. The first-order valence-corrected chi connectivity index (χ1v) is 7.77. The Kier molecular flexibility index (Phi) is 6.29. The molecule has 1 heterocycles. The Balaban J connectivity index is 2.21. The zero-order valence-corrected chi connectivity index (χ0v) is 13.4. The Morgan fingerprint density at radius 1 is 1.26 bits per heavy atom. The van der Waals surface area contributed by atoms with Crippen molar-refractivity contribution in [3.05, 3.63) is 0 Å². The first-order chi connectivity index (χ1) is 8.86. The Bertz CT molecular complexity index is 298. The van der Waals surface area contributed by atoms with Gasteiger partial charge in [0, 0.05) is 19.1 Å². The topological polar surface area (TPSA) is 39.1 Å². The third kappa shape index (κ3) is 5.50. The minimum atomic E-state index is -0.361. The van der Waals surface area contributed by atoms with Crippen LogP contribution in [0.25, 0.3) is 0 Å². The van der Waals surface area contributed by atoms with Gasteiger partial charge in [-0.3, -0.25) is 5.32 Å². The summed E-state index contributed by atoms with van der Waals surface area (Å²) >= 11 is 0. The zero-order chi connectivity index (χ0) is 14.5. The average Bonchev–Trinajstić information content (AvgIpc) is 2.64. The zero-order valence-electron chi connectivity index (χ0n) is 13.4. The third-order valence-electron chi connectivity index (χ3n) is 4.32. The molecule has 0 spiro atoms. The van der Waals surface area contributed by atoms with E-state index in [4.69, 9.17) is 0 Å². The number of unbranched alkanes of at least 4 members (excludes halogenated alkanes) is 1. The lowest BCUT2D eigenvalue weighted by atomic mass is 9.95. The number of hydrogen-bond donors (Lipinski definition) is 1. The molecule has 0 aromatic carbocycles. The van der Waals surface area contributed by atoms with Crippen LogP contribution in [0.2, 0.25) is 0 Å². The van der Waals surface area contributed by atoms with Crippen LogP contribution in [0.5, 0.6) is 0 Å². The standard InChI is InChI=1S/C16H31N3/c1-13(2)18-16(5,12-17)8-6-7-9-19-10-14(3)15(4)11-19/h13-15,18H,6-11H2,1-5H3. The summed E-state index contributed by atoms with van der Waals surface area (Å²) < 4.78 is 0. The van der Waals surface area contributed by atoms with E-state index in [0.717, 1.165) is 24.7 Å². The summed E-state index contributed by atoms with van der Waals surface area (Å²) in [7, 11) is 0. The van der Waals surface area contributed by atoms with Crippen molar-refractivity contribution in [2.45, 2.75) is 65.5 Å². The molecule has 1 rings (SSSR count). The number of nitrogens with one attached hydrogen (secondary N) is 1. The van der Waals surface area contributed by atoms with Crippen LogP contribution in [-0.2, 0) is 0 Å². The third-order valence-corrected chi connectivity index (χ3v) is 4.32. The summed E-state index contributed by atoms with van der Waals surface area (Å²) in [5.41, 5.74) is -0.361. The van der Waals surface area contributed by atoms with E-state index >= 15 is 0 Å². The van der Waals surface area contributed by atoms with Crippen molar-refractivity contribution in [2.75, 3.05) is 19.6 Å². The smallest absolute Gasteiger partial charge is 0.104 e. The van der Waals surface area contributed by atoms with Gasteiger partial charge in [-0.25, -0.2) is 0 Å². The first kappa shape index (κ1) is 16.5. The fraction of sp³-hybridized carbons (Fsp3) is 0.938. The molecule has 0 aromatic rings. The van der Waals surface area contributed by atoms with Gasteiger partial charge in [0.15, 0.2) is 0 Å². The number of nitriles is 1. The molecule has 3 atom stereocenters. The molecule has 0 amide bonds. The highest BCUT2D eigenvalue weighted by atomic mass is 15.1. The van der Waals surface area contributed by atoms with Crippen molar-refractivity contribution in [3.63, 3.8) is 0 Å². The van der Waals surface area contributed by atoms with Gasteiger partial charge in [0.1, 0.15) is 5.54 Å². The molecule has 0 aliphatic carbocycles. The molecular formula is C16H31N3. The van der Waals surface area contributed by atoms with Crippen LogP contribution < -0.4 is 5.32 Å². The summed E-state index contributed by atoms with van der Waals surface area (Å²) in [6.07, 6.45) is 3.28. The van der Waals surface area contributed by atoms with Crippen molar-refractivity contribution >= 4 is 0 Å². The van der Waals surface area contributed by atoms with Crippen LogP contribution in [0.4, 0.5) is 0 Å². The Hall–Kier alpha value is -0.590. The summed E-state index contributed by atoms with van der Waals surface area (Å²) in [4.78, 5) is 2.58. The molecule has 0 aromatic heterocycles. The van der Waals surface area contributed by atoms with Crippen LogP contribution >= 0.6 is 0 Å². The summed E-state index contributed by atoms with van der Waals surface area (Å²) in [5.74, 6) is 1.68. The van der Waals surface area contributed by atoms with Gasteiger partial charge >= 0.3 is 0 Å². The van der Waals surface area contributed by atoms with Gasteiger partial charge in [-0.15, -0.1) is 0 Å². The molecule has 1 saturated heterocycles. The van der Waals surface area contributed by atoms with Crippen molar-refractivity contribution in [2.24, 2.45) is 11.8 Å². The minimum Gasteiger partial charge on any atom is -0.303 e. The quantitative estimate of drug-likeness (QED) is 0.719. The average molecular weight is 265 g/mol. The van der Waals surface area contributed by atoms with E-state index in [2.05, 4.69) is 44.0 Å². The SMILES string of the molecule is CC(C)NC(C)(C#N)CCCCN1CC(C)C(C)C1. The molecule has 110 valence electrons. The Labute approximate surface area is 119 Å². The van der Waals surface area contributed by atoms with E-state index in [9.17, 15) is 5.26 Å². The van der Waals surface area contributed by atoms with Gasteiger partial charge in [-0.05, 0) is 58.4 Å². The monoisotopic (exact) mass is 265 g/mol. The number of rotatable bonds is 7. The van der Waals surface area contributed by atoms with Gasteiger partial charge in [0.25, 0.3) is 0 Å². The van der Waals surface area contributed by atoms with Crippen LogP contribution in [-0.4, -0.2) is 36.1 Å². The normalized spacial score (nSPS) is 27.4. The molecule has 3 heteroatoms. The molecule has 3 nitrogen and oxygen atoms in total. The maximum atomic E-state index is 9.29. The van der Waals surface area contributed by atoms with Crippen molar-refractivity contribution in [1.29, 1.82) is 5.26 Å². The Morgan fingerprint density at radius 2 is 1.84 bits per heavy atom. The second kappa shape index (κ2) is 7.26. The van der Waals surface area contributed by atoms with Crippen LogP contribution in [0.1, 0.15) is 53.9 Å². The highest BCUT2D eigenvalue weighted by Gasteiger charge is 2.26. The van der Waals surface area contributed by atoms with E-state index in [-0.39, 0.29) is 5.54 Å². The molecule has 0 saturated carbocycles. The fourth-order valence-electron chi connectivity index (χ4n) is 3.04. The fourth-order valence-corrected chi connectivity index (χ4v) is 3.04. The second-order valence-corrected chi connectivity index (χ2v) is 6.91. The lowest BCUT2D eigenvalue weighted by Crippen LogP contribution is -2.44. The highest BCUT2D eigenvalue weighted by molar-refractivity contribution is 5.04. The lowest BCUT2D eigenvalue weighted by Gasteiger charge is -2.26. The maximum Gasteiger partial charge on any atom is 0.104 e. The van der Waals surface area contributed by atoms with Crippen molar-refractivity contribution in [1.82, 2.24) is 10.2 Å². The van der Waals surface area contributed by atoms with Crippen molar-refractivity contribution in [3.8, 4) is 6.07 Å². The Morgan fingerprint density at radius 3 is 2.32 bits per heavy atom. The second-order valence-electron chi connectivity index (χ2n) is 6.91. The molecular weight excluding hydrogens is 234 g/mol. The number of likely N-dealkylation sites (tertiary alicyclic amines) is 1. The highest BCUT2D eigenvalue weighted by Crippen LogP contribution is 2.22. The van der Waals surface area contributed by atoms with Gasteiger partial charge in [0.05, 0.1) is 6.07 Å².